The van der Waals surface area contributed by atoms with Crippen LogP contribution in [0.1, 0.15) is 21.7 Å². The van der Waals surface area contributed by atoms with Crippen LogP contribution >= 0.6 is 11.8 Å². The number of rotatable bonds is 6. The van der Waals surface area contributed by atoms with Gasteiger partial charge in [-0.15, -0.1) is 16.9 Å². The first-order valence-electron chi connectivity index (χ1n) is 9.76. The number of nitrogens with zero attached hydrogens (tertiary/aromatic N) is 5. The predicted octanol–water partition coefficient (Wildman–Crippen LogP) is 4.13. The summed E-state index contributed by atoms with van der Waals surface area (Å²) in [6, 6.07) is 15.7. The number of hydrogen-bond donors (Lipinski definition) is 0. The topological polar surface area (TPSA) is 73.1 Å². The van der Waals surface area contributed by atoms with Crippen LogP contribution in [0, 0.1) is 6.92 Å². The van der Waals surface area contributed by atoms with E-state index in [1.54, 1.807) is 41.7 Å². The first-order valence-corrected chi connectivity index (χ1v) is 11.0. The third-order valence-corrected chi connectivity index (χ3v) is 5.93. The first-order chi connectivity index (χ1) is 15.0. The predicted molar refractivity (Wildman–Crippen MR) is 122 cm³/mol. The molecular weight excluding hydrogens is 410 g/mol. The SMILES string of the molecule is COc1cc(CN(C)C(=O)c2nnn(-c3cccc4cccnc34)c2C)ccc1SC. The summed E-state index contributed by atoms with van der Waals surface area (Å²) in [6.45, 7) is 2.28. The molecule has 2 aromatic carbocycles. The van der Waals surface area contributed by atoms with Crippen molar-refractivity contribution >= 4 is 28.6 Å². The normalized spacial score (nSPS) is 11.0. The summed E-state index contributed by atoms with van der Waals surface area (Å²) in [5, 5.41) is 9.44. The second kappa shape index (κ2) is 8.77. The quantitative estimate of drug-likeness (QED) is 0.426. The number of methoxy groups -OCH3 is 1. The van der Waals surface area contributed by atoms with Crippen molar-refractivity contribution in [2.45, 2.75) is 18.4 Å². The Kier molecular flexibility index (Phi) is 5.90. The second-order valence-electron chi connectivity index (χ2n) is 7.14. The molecular formula is C23H23N5O2S. The lowest BCUT2D eigenvalue weighted by Crippen LogP contribution is -2.27. The maximum Gasteiger partial charge on any atom is 0.276 e. The van der Waals surface area contributed by atoms with Gasteiger partial charge in [0, 0.05) is 30.1 Å². The maximum atomic E-state index is 13.1. The van der Waals surface area contributed by atoms with Gasteiger partial charge in [-0.3, -0.25) is 9.78 Å². The Balaban J connectivity index is 1.61. The van der Waals surface area contributed by atoms with E-state index in [1.807, 2.05) is 61.7 Å². The highest BCUT2D eigenvalue weighted by Gasteiger charge is 2.22. The number of fused-ring (bicyclic) bond motifs is 1. The van der Waals surface area contributed by atoms with Crippen LogP contribution < -0.4 is 4.74 Å². The first kappa shape index (κ1) is 20.9. The summed E-state index contributed by atoms with van der Waals surface area (Å²) >= 11 is 1.62. The Labute approximate surface area is 185 Å². The van der Waals surface area contributed by atoms with Crippen LogP contribution in [0.25, 0.3) is 16.6 Å². The summed E-state index contributed by atoms with van der Waals surface area (Å²) in [4.78, 5) is 20.3. The molecule has 0 spiro atoms. The molecule has 8 heteroatoms. The van der Waals surface area contributed by atoms with Crippen molar-refractivity contribution in [2.24, 2.45) is 0 Å². The Bertz CT molecular complexity index is 1250. The van der Waals surface area contributed by atoms with Crippen LogP contribution in [0.15, 0.2) is 59.6 Å². The van der Waals surface area contributed by atoms with Gasteiger partial charge in [-0.1, -0.05) is 29.5 Å². The molecule has 0 aliphatic rings. The van der Waals surface area contributed by atoms with Gasteiger partial charge < -0.3 is 9.64 Å². The molecule has 158 valence electrons. The third kappa shape index (κ3) is 3.98. The van der Waals surface area contributed by atoms with Crippen LogP contribution in [-0.4, -0.2) is 51.2 Å². The number of pyridine rings is 1. The molecule has 0 saturated carbocycles. The van der Waals surface area contributed by atoms with E-state index < -0.39 is 0 Å². The van der Waals surface area contributed by atoms with Gasteiger partial charge in [-0.25, -0.2) is 4.68 Å². The second-order valence-corrected chi connectivity index (χ2v) is 7.99. The minimum absolute atomic E-state index is 0.190. The van der Waals surface area contributed by atoms with E-state index in [2.05, 4.69) is 15.3 Å². The number of carbonyl (C=O) groups excluding carboxylic acids is 1. The molecule has 4 aromatic rings. The zero-order valence-electron chi connectivity index (χ0n) is 17.9. The van der Waals surface area contributed by atoms with Crippen LogP contribution in [0.4, 0.5) is 0 Å². The number of ether oxygens (including phenoxy) is 1. The number of aromatic nitrogens is 4. The molecule has 31 heavy (non-hydrogen) atoms. The van der Waals surface area contributed by atoms with Crippen molar-refractivity contribution in [1.82, 2.24) is 24.9 Å². The van der Waals surface area contributed by atoms with Crippen molar-refractivity contribution in [1.29, 1.82) is 0 Å². The molecule has 2 aromatic heterocycles. The summed E-state index contributed by atoms with van der Waals surface area (Å²) in [5.74, 6) is 0.612. The van der Waals surface area contributed by atoms with E-state index in [-0.39, 0.29) is 5.91 Å². The molecule has 7 nitrogen and oxygen atoms in total. The van der Waals surface area contributed by atoms with Crippen LogP contribution in [0.2, 0.25) is 0 Å². The Morgan fingerprint density at radius 2 is 2.00 bits per heavy atom. The number of amides is 1. The molecule has 0 aliphatic carbocycles. The molecule has 0 unspecified atom stereocenters. The third-order valence-electron chi connectivity index (χ3n) is 5.15. The van der Waals surface area contributed by atoms with E-state index >= 15 is 0 Å². The molecule has 0 saturated heterocycles. The van der Waals surface area contributed by atoms with E-state index in [1.165, 1.54) is 0 Å². The zero-order valence-corrected chi connectivity index (χ0v) is 18.7. The van der Waals surface area contributed by atoms with Crippen molar-refractivity contribution in [3.05, 3.63) is 71.7 Å². The molecule has 0 aliphatic heterocycles. The number of para-hydroxylation sites is 1. The average molecular weight is 434 g/mol. The van der Waals surface area contributed by atoms with Crippen molar-refractivity contribution in [3.63, 3.8) is 0 Å². The van der Waals surface area contributed by atoms with E-state index in [0.717, 1.165) is 32.8 Å². The lowest BCUT2D eigenvalue weighted by atomic mass is 10.2. The van der Waals surface area contributed by atoms with Gasteiger partial charge in [0.05, 0.1) is 24.0 Å². The van der Waals surface area contributed by atoms with Gasteiger partial charge in [0.15, 0.2) is 5.69 Å². The minimum Gasteiger partial charge on any atom is -0.496 e. The van der Waals surface area contributed by atoms with Gasteiger partial charge in [0.2, 0.25) is 0 Å². The van der Waals surface area contributed by atoms with E-state index in [9.17, 15) is 4.79 Å². The fraction of sp³-hybridized carbons (Fsp3) is 0.217. The summed E-state index contributed by atoms with van der Waals surface area (Å²) < 4.78 is 7.13. The van der Waals surface area contributed by atoms with Crippen molar-refractivity contribution in [3.8, 4) is 11.4 Å². The molecule has 0 N–H and O–H groups in total. The average Bonchev–Trinajstić information content (AvgIpc) is 3.18. The molecule has 1 amide bonds. The van der Waals surface area contributed by atoms with Crippen LogP contribution in [-0.2, 0) is 6.54 Å². The molecule has 2 heterocycles. The number of benzene rings is 2. The number of hydrogen-bond acceptors (Lipinski definition) is 6. The smallest absolute Gasteiger partial charge is 0.276 e. The van der Waals surface area contributed by atoms with E-state index in [0.29, 0.717) is 17.9 Å². The standard InChI is InChI=1S/C23H23N5O2S/c1-15-21(23(29)27(2)14-16-10-11-20(31-4)19(13-16)30-3)25-26-28(15)18-9-5-7-17-8-6-12-24-22(17)18/h5-13H,14H2,1-4H3. The van der Waals surface area contributed by atoms with Gasteiger partial charge >= 0.3 is 0 Å². The lowest BCUT2D eigenvalue weighted by Gasteiger charge is -2.17. The summed E-state index contributed by atoms with van der Waals surface area (Å²) in [7, 11) is 3.41. The summed E-state index contributed by atoms with van der Waals surface area (Å²) in [6.07, 6.45) is 3.75. The Morgan fingerprint density at radius 1 is 1.19 bits per heavy atom. The summed E-state index contributed by atoms with van der Waals surface area (Å²) in [5.41, 5.74) is 3.58. The van der Waals surface area contributed by atoms with Crippen LogP contribution in [0.5, 0.6) is 5.75 Å². The van der Waals surface area contributed by atoms with Gasteiger partial charge in [-0.05, 0) is 43.0 Å². The highest BCUT2D eigenvalue weighted by molar-refractivity contribution is 7.98. The molecule has 0 fully saturated rings. The Hall–Kier alpha value is -3.39. The molecule has 4 rings (SSSR count). The van der Waals surface area contributed by atoms with Gasteiger partial charge in [0.1, 0.15) is 5.75 Å². The van der Waals surface area contributed by atoms with Gasteiger partial charge in [-0.2, -0.15) is 0 Å². The number of thioether (sulfide) groups is 1. The Morgan fingerprint density at radius 3 is 2.77 bits per heavy atom. The zero-order chi connectivity index (χ0) is 22.0. The minimum atomic E-state index is -0.190. The maximum absolute atomic E-state index is 13.1. The highest BCUT2D eigenvalue weighted by atomic mass is 32.2. The van der Waals surface area contributed by atoms with Crippen molar-refractivity contribution in [2.75, 3.05) is 20.4 Å². The molecule has 0 radical (unpaired) electrons. The van der Waals surface area contributed by atoms with Crippen molar-refractivity contribution < 1.29 is 9.53 Å². The highest BCUT2D eigenvalue weighted by Crippen LogP contribution is 2.29. The fourth-order valence-corrected chi connectivity index (χ4v) is 4.07. The number of carbonyl (C=O) groups is 1. The molecule has 0 bridgehead atoms. The molecule has 0 atom stereocenters. The monoisotopic (exact) mass is 433 g/mol. The van der Waals surface area contributed by atoms with Crippen LogP contribution in [0.3, 0.4) is 0 Å². The van der Waals surface area contributed by atoms with E-state index in [4.69, 9.17) is 4.74 Å². The van der Waals surface area contributed by atoms with Gasteiger partial charge in [0.25, 0.3) is 5.91 Å². The fourth-order valence-electron chi connectivity index (χ4n) is 3.52. The largest absolute Gasteiger partial charge is 0.496 e. The lowest BCUT2D eigenvalue weighted by molar-refractivity contribution is 0.0778.